The van der Waals surface area contributed by atoms with Gasteiger partial charge in [-0.25, -0.2) is 0 Å². The average molecular weight is 588 g/mol. The predicted molar refractivity (Wildman–Crippen MR) is 147 cm³/mol. The zero-order valence-electron chi connectivity index (χ0n) is 18.7. The van der Waals surface area contributed by atoms with Crippen molar-refractivity contribution in [3.05, 3.63) is 28.7 Å². The van der Waals surface area contributed by atoms with E-state index in [0.717, 1.165) is 29.4 Å². The van der Waals surface area contributed by atoms with E-state index in [9.17, 15) is 4.79 Å². The molecule has 1 unspecified atom stereocenters. The number of carbonyl (C=O) groups is 1. The second-order valence-corrected chi connectivity index (χ2v) is 11.6. The van der Waals surface area contributed by atoms with Gasteiger partial charge in [0.05, 0.1) is 0 Å². The van der Waals surface area contributed by atoms with Crippen LogP contribution in [-0.4, -0.2) is 21.0 Å². The molecule has 1 atom stereocenters. The van der Waals surface area contributed by atoms with Gasteiger partial charge in [-0.3, -0.25) is 4.79 Å². The number of anilines is 1. The summed E-state index contributed by atoms with van der Waals surface area (Å²) in [4.78, 5) is 12.3. The molecule has 182 valence electrons. The van der Waals surface area contributed by atoms with Gasteiger partial charge < -0.3 is 16.0 Å². The van der Waals surface area contributed by atoms with Crippen LogP contribution in [0.5, 0.6) is 0 Å². The van der Waals surface area contributed by atoms with Gasteiger partial charge in [-0.1, -0.05) is 128 Å². The molecule has 32 heavy (non-hydrogen) atoms. The summed E-state index contributed by atoms with van der Waals surface area (Å²) >= 11 is 26.8. The lowest BCUT2D eigenvalue weighted by Gasteiger charge is -2.27. The molecule has 0 heterocycles. The quantitative estimate of drug-likeness (QED) is 0.0837. The highest BCUT2D eigenvalue weighted by Crippen LogP contribution is 2.29. The van der Waals surface area contributed by atoms with Crippen LogP contribution in [0.3, 0.4) is 0 Å². The summed E-state index contributed by atoms with van der Waals surface area (Å²) in [6.45, 7) is 2.24. The van der Waals surface area contributed by atoms with E-state index in [2.05, 4.69) is 38.8 Å². The fourth-order valence-electron chi connectivity index (χ4n) is 3.25. The van der Waals surface area contributed by atoms with Crippen LogP contribution in [0.25, 0.3) is 0 Å². The number of hydrogen-bond acceptors (Lipinski definition) is 2. The topological polar surface area (TPSA) is 53.2 Å². The Bertz CT molecular complexity index is 689. The summed E-state index contributed by atoms with van der Waals surface area (Å²) in [5.41, 5.74) is 0.771. The lowest BCUT2D eigenvalue weighted by molar-refractivity contribution is -0.122. The number of nitrogens with one attached hydrogen (secondary N) is 3. The minimum Gasteiger partial charge on any atom is -0.339 e. The molecule has 0 aromatic heterocycles. The Morgan fingerprint density at radius 3 is 2.06 bits per heavy atom. The van der Waals surface area contributed by atoms with Gasteiger partial charge in [0.15, 0.2) is 5.11 Å². The van der Waals surface area contributed by atoms with Crippen molar-refractivity contribution in [2.24, 2.45) is 0 Å². The summed E-state index contributed by atoms with van der Waals surface area (Å²) in [5, 5.41) is 8.87. The molecule has 3 N–H and O–H groups in total. The van der Waals surface area contributed by atoms with Crippen LogP contribution in [-0.2, 0) is 4.79 Å². The van der Waals surface area contributed by atoms with Gasteiger partial charge in [-0.05, 0) is 36.8 Å². The molecule has 0 saturated heterocycles. The van der Waals surface area contributed by atoms with Crippen LogP contribution >= 0.6 is 63.0 Å². The standard InChI is InChI=1S/C23H35BrCl3N3OS/c1-2-3-4-5-6-7-8-9-10-11-12-16-20(31)29-21(23(25,26)27)30-22(32)28-19-15-13-14-18(24)17-19/h13-15,17,21H,2-12,16H2,1H3,(H,29,31)(H2,28,30,32). The fourth-order valence-corrected chi connectivity index (χ4v) is 4.21. The van der Waals surface area contributed by atoms with E-state index in [1.807, 2.05) is 24.3 Å². The Kier molecular flexibility index (Phi) is 16.0. The summed E-state index contributed by atoms with van der Waals surface area (Å²) < 4.78 is -0.848. The molecule has 0 aliphatic carbocycles. The molecule has 4 nitrogen and oxygen atoms in total. The lowest BCUT2D eigenvalue weighted by Crippen LogP contribution is -2.56. The second-order valence-electron chi connectivity index (χ2n) is 7.94. The largest absolute Gasteiger partial charge is 0.339 e. The predicted octanol–water partition coefficient (Wildman–Crippen LogP) is 8.25. The van der Waals surface area contributed by atoms with Gasteiger partial charge in [0, 0.05) is 16.6 Å². The Hall–Kier alpha value is -0.270. The number of hydrogen-bond donors (Lipinski definition) is 3. The van der Waals surface area contributed by atoms with E-state index in [1.165, 1.54) is 51.4 Å². The molecule has 1 rings (SSSR count). The first kappa shape index (κ1) is 29.8. The van der Waals surface area contributed by atoms with Crippen molar-refractivity contribution >= 4 is 79.7 Å². The Balaban J connectivity index is 2.26. The van der Waals surface area contributed by atoms with Crippen LogP contribution in [0.4, 0.5) is 5.69 Å². The highest BCUT2D eigenvalue weighted by Gasteiger charge is 2.34. The van der Waals surface area contributed by atoms with Gasteiger partial charge in [-0.15, -0.1) is 0 Å². The summed E-state index contributed by atoms with van der Waals surface area (Å²) in [5.74, 6) is -0.171. The molecule has 0 saturated carbocycles. The van der Waals surface area contributed by atoms with Gasteiger partial charge in [0.1, 0.15) is 6.17 Å². The highest BCUT2D eigenvalue weighted by molar-refractivity contribution is 9.10. The van der Waals surface area contributed by atoms with Crippen molar-refractivity contribution in [2.45, 2.75) is 93.9 Å². The number of alkyl halides is 3. The van der Waals surface area contributed by atoms with Crippen LogP contribution in [0.1, 0.15) is 84.0 Å². The van der Waals surface area contributed by atoms with E-state index < -0.39 is 9.96 Å². The van der Waals surface area contributed by atoms with E-state index in [-0.39, 0.29) is 11.0 Å². The summed E-state index contributed by atoms with van der Waals surface area (Å²) in [6.07, 6.45) is 13.0. The Morgan fingerprint density at radius 2 is 1.53 bits per heavy atom. The third kappa shape index (κ3) is 14.8. The lowest BCUT2D eigenvalue weighted by atomic mass is 10.1. The number of benzene rings is 1. The van der Waals surface area contributed by atoms with E-state index in [0.29, 0.717) is 6.42 Å². The van der Waals surface area contributed by atoms with Gasteiger partial charge >= 0.3 is 0 Å². The van der Waals surface area contributed by atoms with E-state index in [1.54, 1.807) is 0 Å². The summed E-state index contributed by atoms with van der Waals surface area (Å²) in [7, 11) is 0. The molecule has 1 amide bonds. The maximum atomic E-state index is 12.3. The molecular formula is C23H35BrCl3N3OS. The molecule has 1 aromatic carbocycles. The number of unbranched alkanes of at least 4 members (excludes halogenated alkanes) is 10. The SMILES string of the molecule is CCCCCCCCCCCCCC(=O)NC(NC(=S)Nc1cccc(Br)c1)C(Cl)(Cl)Cl. The number of halogens is 4. The Labute approximate surface area is 222 Å². The highest BCUT2D eigenvalue weighted by atomic mass is 79.9. The van der Waals surface area contributed by atoms with Crippen LogP contribution in [0.2, 0.25) is 0 Å². The van der Waals surface area contributed by atoms with Crippen molar-refractivity contribution in [3.8, 4) is 0 Å². The van der Waals surface area contributed by atoms with Gasteiger partial charge in [0.2, 0.25) is 9.70 Å². The second kappa shape index (κ2) is 17.2. The molecular weight excluding hydrogens is 553 g/mol. The zero-order chi connectivity index (χ0) is 23.8. The summed E-state index contributed by atoms with van der Waals surface area (Å²) in [6, 6.07) is 7.50. The minimum atomic E-state index is -1.75. The first-order valence-corrected chi connectivity index (χ1v) is 13.7. The normalized spacial score (nSPS) is 12.3. The number of rotatable bonds is 15. The molecule has 0 aliphatic heterocycles. The number of carbonyl (C=O) groups excluding carboxylic acids is 1. The van der Waals surface area contributed by atoms with Gasteiger partial charge in [-0.2, -0.15) is 0 Å². The fraction of sp³-hybridized carbons (Fsp3) is 0.652. The van der Waals surface area contributed by atoms with Crippen molar-refractivity contribution in [3.63, 3.8) is 0 Å². The van der Waals surface area contributed by atoms with Crippen molar-refractivity contribution in [1.29, 1.82) is 0 Å². The van der Waals surface area contributed by atoms with Crippen molar-refractivity contribution in [2.75, 3.05) is 5.32 Å². The van der Waals surface area contributed by atoms with Gasteiger partial charge in [0.25, 0.3) is 0 Å². The molecule has 0 aliphatic rings. The average Bonchev–Trinajstić information content (AvgIpc) is 2.71. The Morgan fingerprint density at radius 1 is 0.969 bits per heavy atom. The van der Waals surface area contributed by atoms with Crippen LogP contribution < -0.4 is 16.0 Å². The maximum absolute atomic E-state index is 12.3. The third-order valence-corrected chi connectivity index (χ3v) is 6.37. The molecule has 0 fully saturated rings. The monoisotopic (exact) mass is 585 g/mol. The molecule has 0 bridgehead atoms. The molecule has 0 spiro atoms. The van der Waals surface area contributed by atoms with Crippen LogP contribution in [0, 0.1) is 0 Å². The number of amides is 1. The van der Waals surface area contributed by atoms with E-state index >= 15 is 0 Å². The first-order valence-electron chi connectivity index (χ1n) is 11.4. The number of thiocarbonyl (C=S) groups is 1. The van der Waals surface area contributed by atoms with Crippen molar-refractivity contribution in [1.82, 2.24) is 10.6 Å². The van der Waals surface area contributed by atoms with Crippen molar-refractivity contribution < 1.29 is 4.79 Å². The van der Waals surface area contributed by atoms with E-state index in [4.69, 9.17) is 47.0 Å². The smallest absolute Gasteiger partial charge is 0.228 e. The zero-order valence-corrected chi connectivity index (χ0v) is 23.4. The molecule has 0 radical (unpaired) electrons. The molecule has 9 heteroatoms. The minimum absolute atomic E-state index is 0.171. The van der Waals surface area contributed by atoms with Crippen LogP contribution in [0.15, 0.2) is 28.7 Å². The maximum Gasteiger partial charge on any atom is 0.228 e. The third-order valence-electron chi connectivity index (χ3n) is 5.00. The molecule has 1 aromatic rings. The first-order chi connectivity index (χ1) is 15.2.